The Balaban J connectivity index is 1.68. The number of carbonyl (C=O) groups excluding carboxylic acids is 2. The van der Waals surface area contributed by atoms with E-state index in [2.05, 4.69) is 0 Å². The number of sulfone groups is 1. The molecule has 6 nitrogen and oxygen atoms in total. The summed E-state index contributed by atoms with van der Waals surface area (Å²) in [7, 11) is -1.50. The van der Waals surface area contributed by atoms with Crippen LogP contribution in [0, 0.1) is 0 Å². The number of nitrogens with zero attached hydrogens (tertiary/aromatic N) is 2. The minimum absolute atomic E-state index is 0.0262. The Hall–Kier alpha value is -1.71. The lowest BCUT2D eigenvalue weighted by Crippen LogP contribution is -2.45. The summed E-state index contributed by atoms with van der Waals surface area (Å²) in [4.78, 5) is 28.3. The van der Waals surface area contributed by atoms with Crippen LogP contribution >= 0.6 is 24.0 Å². The lowest BCUT2D eigenvalue weighted by atomic mass is 10.2. The summed E-state index contributed by atoms with van der Waals surface area (Å²) >= 11 is 6.41. The highest BCUT2D eigenvalue weighted by Crippen LogP contribution is 2.32. The van der Waals surface area contributed by atoms with Crippen LogP contribution in [0.1, 0.15) is 12.0 Å². The number of thioether (sulfide) groups is 1. The van der Waals surface area contributed by atoms with E-state index in [0.717, 1.165) is 17.3 Å². The molecule has 2 saturated heterocycles. The number of carbonyl (C=O) groups is 2. The number of hydrogen-bond acceptors (Lipinski definition) is 6. The Morgan fingerprint density at radius 3 is 2.69 bits per heavy atom. The van der Waals surface area contributed by atoms with Gasteiger partial charge in [-0.05, 0) is 18.1 Å². The van der Waals surface area contributed by atoms with Gasteiger partial charge in [-0.3, -0.25) is 14.5 Å². The Labute approximate surface area is 162 Å². The summed E-state index contributed by atoms with van der Waals surface area (Å²) in [6, 6.07) is 9.06. The molecule has 0 radical (unpaired) electrons. The highest BCUT2D eigenvalue weighted by Gasteiger charge is 2.37. The highest BCUT2D eigenvalue weighted by molar-refractivity contribution is 8.26. The van der Waals surface area contributed by atoms with E-state index in [4.69, 9.17) is 12.2 Å². The average molecular weight is 411 g/mol. The maximum absolute atomic E-state index is 12.6. The second-order valence-electron chi connectivity index (χ2n) is 6.24. The summed E-state index contributed by atoms with van der Waals surface area (Å²) in [5.41, 5.74) is 0.882. The monoisotopic (exact) mass is 410 g/mol. The Bertz CT molecular complexity index is 881. The van der Waals surface area contributed by atoms with E-state index in [9.17, 15) is 18.0 Å². The van der Waals surface area contributed by atoms with Crippen molar-refractivity contribution in [2.24, 2.45) is 0 Å². The second kappa shape index (κ2) is 7.50. The second-order valence-corrected chi connectivity index (χ2v) is 10.1. The minimum atomic E-state index is -3.08. The first-order valence-electron chi connectivity index (χ1n) is 8.03. The molecule has 0 unspecified atom stereocenters. The van der Waals surface area contributed by atoms with Gasteiger partial charge in [0.25, 0.3) is 5.91 Å². The van der Waals surface area contributed by atoms with Crippen LogP contribution < -0.4 is 0 Å². The van der Waals surface area contributed by atoms with Crippen molar-refractivity contribution in [3.8, 4) is 0 Å². The van der Waals surface area contributed by atoms with Gasteiger partial charge in [0.1, 0.15) is 10.9 Å². The predicted molar refractivity (Wildman–Crippen MR) is 106 cm³/mol. The first-order chi connectivity index (χ1) is 12.3. The first-order valence-corrected chi connectivity index (χ1v) is 11.1. The number of hydrogen-bond donors (Lipinski definition) is 0. The fourth-order valence-electron chi connectivity index (χ4n) is 2.87. The zero-order valence-electron chi connectivity index (χ0n) is 14.1. The Kier molecular flexibility index (Phi) is 5.50. The molecule has 9 heteroatoms. The van der Waals surface area contributed by atoms with Gasteiger partial charge in [-0.2, -0.15) is 0 Å². The minimum Gasteiger partial charge on any atom is -0.340 e. The number of rotatable bonds is 4. The van der Waals surface area contributed by atoms with Crippen molar-refractivity contribution in [3.63, 3.8) is 0 Å². The van der Waals surface area contributed by atoms with Gasteiger partial charge in [0, 0.05) is 13.1 Å². The van der Waals surface area contributed by atoms with Gasteiger partial charge in [-0.15, -0.1) is 0 Å². The molecule has 0 saturated carbocycles. The molecule has 0 aromatic heterocycles. The van der Waals surface area contributed by atoms with Crippen molar-refractivity contribution < 1.29 is 18.0 Å². The molecule has 26 heavy (non-hydrogen) atoms. The van der Waals surface area contributed by atoms with E-state index in [-0.39, 0.29) is 35.9 Å². The molecule has 0 N–H and O–H groups in total. The van der Waals surface area contributed by atoms with Gasteiger partial charge in [0.15, 0.2) is 9.84 Å². The van der Waals surface area contributed by atoms with Crippen LogP contribution in [0.25, 0.3) is 6.08 Å². The summed E-state index contributed by atoms with van der Waals surface area (Å²) in [5, 5.41) is 0. The van der Waals surface area contributed by atoms with E-state index in [1.807, 2.05) is 30.3 Å². The van der Waals surface area contributed by atoms with Crippen LogP contribution in [-0.4, -0.2) is 65.5 Å². The molecule has 0 spiro atoms. The third kappa shape index (κ3) is 4.16. The fraction of sp³-hybridized carbons (Fsp3) is 0.353. The third-order valence-electron chi connectivity index (χ3n) is 4.41. The van der Waals surface area contributed by atoms with E-state index in [1.165, 1.54) is 9.80 Å². The van der Waals surface area contributed by atoms with Gasteiger partial charge in [-0.1, -0.05) is 54.3 Å². The van der Waals surface area contributed by atoms with Crippen LogP contribution in [0.4, 0.5) is 0 Å². The maximum Gasteiger partial charge on any atom is 0.266 e. The highest BCUT2D eigenvalue weighted by atomic mass is 32.2. The van der Waals surface area contributed by atoms with E-state index in [1.54, 1.807) is 13.1 Å². The number of amides is 2. The fourth-order valence-corrected chi connectivity index (χ4v) is 5.90. The Morgan fingerprint density at radius 1 is 1.38 bits per heavy atom. The molecule has 2 heterocycles. The van der Waals surface area contributed by atoms with E-state index >= 15 is 0 Å². The number of likely N-dealkylation sites (N-methyl/N-ethyl adjacent to an activating group) is 1. The molecule has 2 aliphatic heterocycles. The van der Waals surface area contributed by atoms with E-state index < -0.39 is 9.84 Å². The smallest absolute Gasteiger partial charge is 0.266 e. The zero-order chi connectivity index (χ0) is 18.9. The molecular formula is C17H18N2O4S3. The van der Waals surface area contributed by atoms with Gasteiger partial charge >= 0.3 is 0 Å². The third-order valence-corrected chi connectivity index (χ3v) is 7.54. The molecule has 2 aliphatic rings. The van der Waals surface area contributed by atoms with Crippen molar-refractivity contribution in [1.82, 2.24) is 9.80 Å². The molecule has 1 aromatic rings. The lowest BCUT2D eigenvalue weighted by Gasteiger charge is -2.25. The van der Waals surface area contributed by atoms with Crippen LogP contribution in [0.3, 0.4) is 0 Å². The van der Waals surface area contributed by atoms with E-state index in [0.29, 0.717) is 15.6 Å². The molecular weight excluding hydrogens is 392 g/mol. The summed E-state index contributed by atoms with van der Waals surface area (Å²) in [5.74, 6) is -0.549. The largest absolute Gasteiger partial charge is 0.340 e. The molecule has 1 aromatic carbocycles. The van der Waals surface area contributed by atoms with Gasteiger partial charge < -0.3 is 4.90 Å². The normalized spacial score (nSPS) is 23.7. The molecule has 2 amide bonds. The van der Waals surface area contributed by atoms with Crippen molar-refractivity contribution in [2.45, 2.75) is 12.5 Å². The maximum atomic E-state index is 12.6. The Morgan fingerprint density at radius 2 is 2.08 bits per heavy atom. The summed E-state index contributed by atoms with van der Waals surface area (Å²) < 4.78 is 23.5. The topological polar surface area (TPSA) is 74.8 Å². The predicted octanol–water partition coefficient (Wildman–Crippen LogP) is 1.53. The van der Waals surface area contributed by atoms with Crippen LogP contribution in [0.5, 0.6) is 0 Å². The zero-order valence-corrected chi connectivity index (χ0v) is 16.6. The first kappa shape index (κ1) is 19.1. The lowest BCUT2D eigenvalue weighted by molar-refractivity contribution is -0.135. The molecule has 2 fully saturated rings. The molecule has 0 bridgehead atoms. The number of thiocarbonyl (C=S) groups is 1. The number of benzene rings is 1. The van der Waals surface area contributed by atoms with Crippen molar-refractivity contribution in [1.29, 1.82) is 0 Å². The van der Waals surface area contributed by atoms with Crippen molar-refractivity contribution in [3.05, 3.63) is 40.8 Å². The van der Waals surface area contributed by atoms with Crippen molar-refractivity contribution in [2.75, 3.05) is 25.1 Å². The quantitative estimate of drug-likeness (QED) is 0.554. The van der Waals surface area contributed by atoms with Crippen LogP contribution in [-0.2, 0) is 19.4 Å². The molecule has 138 valence electrons. The molecule has 1 atom stereocenters. The van der Waals surface area contributed by atoms with Gasteiger partial charge in [-0.25, -0.2) is 8.42 Å². The van der Waals surface area contributed by atoms with Gasteiger partial charge in [0.2, 0.25) is 5.91 Å². The average Bonchev–Trinajstić information content (AvgIpc) is 3.09. The standard InChI is InChI=1S/C17H18N2O4S3/c1-18(13-7-8-26(22,23)11-13)15(20)10-19-16(21)14(25-17(19)24)9-12-5-3-2-4-6-12/h2-6,9,13H,7-8,10-11H2,1H3/b14-9-/t13-/m0/s1. The van der Waals surface area contributed by atoms with Crippen molar-refractivity contribution >= 4 is 56.0 Å². The SMILES string of the molecule is CN(C(=O)CN1C(=O)/C(=C/c2ccccc2)SC1=S)[C@H]1CCS(=O)(=O)C1. The van der Waals surface area contributed by atoms with Crippen LogP contribution in [0.15, 0.2) is 35.2 Å². The van der Waals surface area contributed by atoms with Gasteiger partial charge in [0.05, 0.1) is 16.4 Å². The van der Waals surface area contributed by atoms with Crippen LogP contribution in [0.2, 0.25) is 0 Å². The summed E-state index contributed by atoms with van der Waals surface area (Å²) in [6.07, 6.45) is 2.17. The molecule has 0 aliphatic carbocycles. The molecule has 3 rings (SSSR count). The summed E-state index contributed by atoms with van der Waals surface area (Å²) in [6.45, 7) is -0.177.